The van der Waals surface area contributed by atoms with E-state index in [4.69, 9.17) is 0 Å². The van der Waals surface area contributed by atoms with Crippen molar-refractivity contribution in [2.45, 2.75) is 0 Å². The lowest BCUT2D eigenvalue weighted by atomic mass is 10.2. The third-order valence-electron chi connectivity index (χ3n) is 4.46. The second kappa shape index (κ2) is 7.33. The van der Waals surface area contributed by atoms with E-state index in [-0.39, 0.29) is 23.9 Å². The van der Waals surface area contributed by atoms with Crippen molar-refractivity contribution < 1.29 is 9.18 Å². The number of fused-ring (bicyclic) bond motifs is 4. The molecule has 2 aromatic carbocycles. The molecule has 1 amide bonds. The predicted molar refractivity (Wildman–Crippen MR) is 111 cm³/mol. The number of carbonyl (C=O) groups excluding carboxylic acids is 1. The van der Waals surface area contributed by atoms with Gasteiger partial charge in [-0.25, -0.2) is 9.37 Å². The Kier molecular flexibility index (Phi) is 4.69. The van der Waals surface area contributed by atoms with E-state index in [1.54, 1.807) is 28.8 Å². The molecule has 0 saturated heterocycles. The van der Waals surface area contributed by atoms with Crippen LogP contribution in [0.2, 0.25) is 0 Å². The number of carbonyl (C=O) groups is 1. The number of aromatic nitrogens is 4. The number of benzene rings is 2. The van der Waals surface area contributed by atoms with Crippen LogP contribution in [0.5, 0.6) is 0 Å². The number of hydrogen-bond acceptors (Lipinski definition) is 5. The lowest BCUT2D eigenvalue weighted by Gasteiger charge is -2.11. The summed E-state index contributed by atoms with van der Waals surface area (Å²) in [6, 6.07) is 14.1. The molecule has 9 heteroatoms. The van der Waals surface area contributed by atoms with E-state index in [2.05, 4.69) is 25.8 Å². The Hall–Kier alpha value is -3.78. The number of amides is 1. The summed E-state index contributed by atoms with van der Waals surface area (Å²) in [6.45, 7) is 0. The van der Waals surface area contributed by atoms with Gasteiger partial charge in [-0.1, -0.05) is 18.2 Å². The molecule has 0 saturated carbocycles. The summed E-state index contributed by atoms with van der Waals surface area (Å²) in [4.78, 5) is 25.4. The molecule has 2 N–H and O–H groups in total. The zero-order valence-electron chi connectivity index (χ0n) is 14.8. The minimum Gasteiger partial charge on any atom is -0.311 e. The number of nitrogens with zero attached hydrogens (tertiary/aromatic N) is 4. The zero-order valence-corrected chi connectivity index (χ0v) is 15.7. The molecule has 3 aromatic heterocycles. The summed E-state index contributed by atoms with van der Waals surface area (Å²) in [7, 11) is 0. The van der Waals surface area contributed by atoms with Crippen LogP contribution >= 0.6 is 12.4 Å². The molecular formula is C20H14ClFN6O. The van der Waals surface area contributed by atoms with Crippen molar-refractivity contribution in [3.05, 3.63) is 78.6 Å². The van der Waals surface area contributed by atoms with Crippen molar-refractivity contribution in [2.75, 3.05) is 5.43 Å². The van der Waals surface area contributed by atoms with Gasteiger partial charge < -0.3 is 4.40 Å². The molecule has 0 atom stereocenters. The second-order valence-electron chi connectivity index (χ2n) is 6.17. The fourth-order valence-corrected chi connectivity index (χ4v) is 3.10. The van der Waals surface area contributed by atoms with Crippen LogP contribution in [0.25, 0.3) is 27.6 Å². The van der Waals surface area contributed by atoms with E-state index in [9.17, 15) is 9.18 Å². The predicted octanol–water partition coefficient (Wildman–Crippen LogP) is 3.75. The summed E-state index contributed by atoms with van der Waals surface area (Å²) in [6.07, 6.45) is 4.52. The molecule has 0 aliphatic carbocycles. The van der Waals surface area contributed by atoms with Crippen LogP contribution in [-0.4, -0.2) is 25.3 Å². The van der Waals surface area contributed by atoms with Gasteiger partial charge >= 0.3 is 0 Å². The molecule has 0 spiro atoms. The minimum absolute atomic E-state index is 0. The van der Waals surface area contributed by atoms with E-state index in [0.717, 1.165) is 0 Å². The third kappa shape index (κ3) is 3.19. The summed E-state index contributed by atoms with van der Waals surface area (Å²) < 4.78 is 15.5. The van der Waals surface area contributed by atoms with E-state index >= 15 is 0 Å². The Balaban J connectivity index is 0.00000205. The lowest BCUT2D eigenvalue weighted by molar-refractivity contribution is 0.0958. The number of nitrogens with one attached hydrogen (secondary N) is 2. The maximum Gasteiger partial charge on any atom is 0.289 e. The Morgan fingerprint density at radius 3 is 2.62 bits per heavy atom. The van der Waals surface area contributed by atoms with E-state index in [1.807, 2.05) is 24.3 Å². The Bertz CT molecular complexity index is 1370. The summed E-state index contributed by atoms with van der Waals surface area (Å²) in [5, 5.41) is 0. The number of rotatable bonds is 3. The van der Waals surface area contributed by atoms with Crippen molar-refractivity contribution in [1.82, 2.24) is 24.8 Å². The van der Waals surface area contributed by atoms with Crippen LogP contribution in [0.15, 0.2) is 67.1 Å². The maximum atomic E-state index is 13.8. The molecule has 5 rings (SSSR count). The molecule has 144 valence electrons. The number of anilines is 1. The number of hydrazine groups is 1. The van der Waals surface area contributed by atoms with Crippen LogP contribution in [0.1, 0.15) is 10.5 Å². The van der Waals surface area contributed by atoms with Gasteiger partial charge in [-0.15, -0.1) is 12.4 Å². The van der Waals surface area contributed by atoms with Gasteiger partial charge in [0.15, 0.2) is 0 Å². The fraction of sp³-hybridized carbons (Fsp3) is 0. The highest BCUT2D eigenvalue weighted by atomic mass is 35.5. The van der Waals surface area contributed by atoms with Gasteiger partial charge in [0, 0.05) is 6.20 Å². The molecule has 29 heavy (non-hydrogen) atoms. The molecule has 0 unspecified atom stereocenters. The molecule has 0 aliphatic rings. The Labute approximate surface area is 170 Å². The highest BCUT2D eigenvalue weighted by Crippen LogP contribution is 2.23. The first-order valence-corrected chi connectivity index (χ1v) is 8.53. The molecule has 7 nitrogen and oxygen atoms in total. The number of para-hydroxylation sites is 3. The highest BCUT2D eigenvalue weighted by molar-refractivity contribution is 5.96. The third-order valence-corrected chi connectivity index (χ3v) is 4.46. The van der Waals surface area contributed by atoms with Crippen LogP contribution in [0.3, 0.4) is 0 Å². The summed E-state index contributed by atoms with van der Waals surface area (Å²) in [5.41, 5.74) is 9.30. The van der Waals surface area contributed by atoms with Crippen LogP contribution in [0, 0.1) is 5.82 Å². The Morgan fingerprint density at radius 2 is 1.76 bits per heavy atom. The Morgan fingerprint density at radius 1 is 0.931 bits per heavy atom. The molecule has 0 bridgehead atoms. The van der Waals surface area contributed by atoms with E-state index < -0.39 is 5.91 Å². The fourth-order valence-electron chi connectivity index (χ4n) is 3.10. The van der Waals surface area contributed by atoms with Crippen LogP contribution in [-0.2, 0) is 0 Å². The number of hydrogen-bond donors (Lipinski definition) is 2. The SMILES string of the molecule is Cl.O=C(NNc1cccc2c1ncc1c(F)ccn12)c1cnc2ccccc2n1. The minimum atomic E-state index is -0.427. The van der Waals surface area contributed by atoms with Crippen LogP contribution < -0.4 is 10.9 Å². The lowest BCUT2D eigenvalue weighted by Crippen LogP contribution is -2.30. The van der Waals surface area contributed by atoms with Gasteiger partial charge in [0.2, 0.25) is 0 Å². The van der Waals surface area contributed by atoms with E-state index in [1.165, 1.54) is 18.5 Å². The molecule has 5 aromatic rings. The van der Waals surface area contributed by atoms with Crippen molar-refractivity contribution in [3.63, 3.8) is 0 Å². The summed E-state index contributed by atoms with van der Waals surface area (Å²) in [5.74, 6) is -0.765. The monoisotopic (exact) mass is 408 g/mol. The molecular weight excluding hydrogens is 395 g/mol. The van der Waals surface area contributed by atoms with E-state index in [0.29, 0.717) is 33.3 Å². The van der Waals surface area contributed by atoms with Gasteiger partial charge in [-0.05, 0) is 30.3 Å². The average Bonchev–Trinajstić information content (AvgIpc) is 3.13. The standard InChI is InChI=1S/C20H13FN6O.ClH/c21-12-8-9-27-17-7-3-6-15(19(17)23-11-18(12)27)25-26-20(28)16-10-22-13-4-1-2-5-14(13)24-16;/h1-11,25H,(H,26,28);1H. The maximum absolute atomic E-state index is 13.8. The molecule has 0 radical (unpaired) electrons. The van der Waals surface area contributed by atoms with Crippen molar-refractivity contribution >= 4 is 51.6 Å². The topological polar surface area (TPSA) is 84.2 Å². The van der Waals surface area contributed by atoms with Crippen molar-refractivity contribution in [2.24, 2.45) is 0 Å². The van der Waals surface area contributed by atoms with Crippen LogP contribution in [0.4, 0.5) is 10.1 Å². The summed E-state index contributed by atoms with van der Waals surface area (Å²) >= 11 is 0. The normalized spacial score (nSPS) is 10.8. The van der Waals surface area contributed by atoms with Crippen molar-refractivity contribution in [3.8, 4) is 0 Å². The molecule has 0 fully saturated rings. The van der Waals surface area contributed by atoms with Gasteiger partial charge in [0.05, 0.1) is 34.6 Å². The first kappa shape index (κ1) is 18.6. The molecule has 3 heterocycles. The largest absolute Gasteiger partial charge is 0.311 e. The molecule has 0 aliphatic heterocycles. The van der Waals surface area contributed by atoms with Gasteiger partial charge in [0.25, 0.3) is 5.91 Å². The second-order valence-corrected chi connectivity index (χ2v) is 6.17. The highest BCUT2D eigenvalue weighted by Gasteiger charge is 2.12. The first-order chi connectivity index (χ1) is 13.7. The van der Waals surface area contributed by atoms with Gasteiger partial charge in [-0.2, -0.15) is 0 Å². The van der Waals surface area contributed by atoms with Gasteiger partial charge in [-0.3, -0.25) is 25.6 Å². The van der Waals surface area contributed by atoms with Gasteiger partial charge in [0.1, 0.15) is 22.5 Å². The zero-order chi connectivity index (χ0) is 19.1. The quantitative estimate of drug-likeness (QED) is 0.444. The number of halogens is 2. The van der Waals surface area contributed by atoms with Crippen molar-refractivity contribution in [1.29, 1.82) is 0 Å². The smallest absolute Gasteiger partial charge is 0.289 e. The first-order valence-electron chi connectivity index (χ1n) is 8.53. The average molecular weight is 409 g/mol.